The molecule has 2 unspecified atom stereocenters. The fourth-order valence-electron chi connectivity index (χ4n) is 3.55. The predicted octanol–water partition coefficient (Wildman–Crippen LogP) is 7.12. The molecule has 0 heterocycles. The van der Waals surface area contributed by atoms with Crippen LogP contribution in [-0.4, -0.2) is 23.5 Å². The normalized spacial score (nSPS) is 18.5. The van der Waals surface area contributed by atoms with Gasteiger partial charge in [-0.25, -0.2) is 4.79 Å². The number of hydrogen-bond acceptors (Lipinski definition) is 4. The Morgan fingerprint density at radius 3 is 2.19 bits per heavy atom. The van der Waals surface area contributed by atoms with Crippen LogP contribution < -0.4 is 5.32 Å². The van der Waals surface area contributed by atoms with Crippen LogP contribution in [0, 0.1) is 5.92 Å². The van der Waals surface area contributed by atoms with Gasteiger partial charge >= 0.3 is 6.09 Å². The first kappa shape index (κ1) is 25.7. The Bertz CT molecular complexity index is 747. The molecular weight excluding hydrogens is 422 g/mol. The van der Waals surface area contributed by atoms with Crippen molar-refractivity contribution in [3.63, 3.8) is 0 Å². The zero-order valence-corrected chi connectivity index (χ0v) is 20.8. The molecule has 5 heteroatoms. The van der Waals surface area contributed by atoms with Crippen molar-refractivity contribution in [3.8, 4) is 0 Å². The second-order valence-corrected chi connectivity index (χ2v) is 10.4. The molecule has 1 aliphatic rings. The van der Waals surface area contributed by atoms with Crippen LogP contribution in [0.15, 0.2) is 60.7 Å². The predicted molar refractivity (Wildman–Crippen MR) is 137 cm³/mol. The lowest BCUT2D eigenvalue weighted by Gasteiger charge is -2.30. The molecule has 0 aromatic heterocycles. The van der Waals surface area contributed by atoms with Crippen LogP contribution in [0.5, 0.6) is 0 Å². The maximum atomic E-state index is 11.9. The van der Waals surface area contributed by atoms with E-state index in [-0.39, 0.29) is 12.1 Å². The van der Waals surface area contributed by atoms with E-state index >= 15 is 0 Å². The number of carbonyl (C=O) groups is 1. The summed E-state index contributed by atoms with van der Waals surface area (Å²) in [7, 11) is 0. The molecule has 1 amide bonds. The molecule has 1 saturated carbocycles. The number of hydrogen-bond donors (Lipinski definition) is 2. The zero-order chi connectivity index (χ0) is 22.5. The average molecular weight is 460 g/mol. The van der Waals surface area contributed by atoms with Gasteiger partial charge in [-0.3, -0.25) is 0 Å². The highest BCUT2D eigenvalue weighted by molar-refractivity contribution is 7.98. The summed E-state index contributed by atoms with van der Waals surface area (Å²) in [5, 5.41) is 3.04. The third-order valence-corrected chi connectivity index (χ3v) is 6.60. The number of thiol groups is 1. The number of amides is 1. The monoisotopic (exact) mass is 459 g/mol. The number of carbonyl (C=O) groups excluding carboxylic acids is 1. The summed E-state index contributed by atoms with van der Waals surface area (Å²) in [5.74, 6) is 3.77. The minimum atomic E-state index is -0.427. The first-order valence-corrected chi connectivity index (χ1v) is 12.9. The number of nitrogens with one attached hydrogen (secondary N) is 1. The van der Waals surface area contributed by atoms with Gasteiger partial charge in [0.2, 0.25) is 0 Å². The summed E-state index contributed by atoms with van der Waals surface area (Å²) in [6.07, 6.45) is 4.32. The van der Waals surface area contributed by atoms with Crippen LogP contribution in [0.25, 0.3) is 0 Å². The molecular formula is C26H37NO2S2. The van der Waals surface area contributed by atoms with Crippen molar-refractivity contribution >= 4 is 30.5 Å². The van der Waals surface area contributed by atoms with Crippen molar-refractivity contribution in [2.24, 2.45) is 5.92 Å². The standard InChI is InChI=1S/C19H29NO2S.C7H8S/c1-19(2,3)22-18(21)20-17-11-7-10-16(12-17)14-23-13-15-8-5-4-6-9-15;8-6-7-4-2-1-3-5-7/h4-6,8-9,16-17H,7,10-14H2,1-3H3,(H,20,21);1-5,8H,6H2. The third kappa shape index (κ3) is 11.6. The molecule has 0 bridgehead atoms. The number of ether oxygens (including phenoxy) is 1. The fraction of sp³-hybridized carbons (Fsp3) is 0.500. The lowest BCUT2D eigenvalue weighted by atomic mass is 9.87. The Balaban J connectivity index is 0.000000357. The van der Waals surface area contributed by atoms with Crippen molar-refractivity contribution < 1.29 is 9.53 Å². The van der Waals surface area contributed by atoms with E-state index in [0.717, 1.165) is 24.3 Å². The summed E-state index contributed by atoms with van der Waals surface area (Å²) >= 11 is 6.11. The van der Waals surface area contributed by atoms with Crippen molar-refractivity contribution in [2.75, 3.05) is 5.75 Å². The minimum absolute atomic E-state index is 0.265. The van der Waals surface area contributed by atoms with E-state index in [2.05, 4.69) is 60.4 Å². The van der Waals surface area contributed by atoms with E-state index in [1.54, 1.807) is 0 Å². The van der Waals surface area contributed by atoms with Crippen LogP contribution in [0.3, 0.4) is 0 Å². The second-order valence-electron chi connectivity index (χ2n) is 9.02. The molecule has 3 nitrogen and oxygen atoms in total. The maximum absolute atomic E-state index is 11.9. The van der Waals surface area contributed by atoms with Crippen molar-refractivity contribution in [3.05, 3.63) is 71.8 Å². The van der Waals surface area contributed by atoms with E-state index in [1.165, 1.54) is 29.7 Å². The minimum Gasteiger partial charge on any atom is -0.444 e. The first-order valence-electron chi connectivity index (χ1n) is 11.1. The molecule has 0 saturated heterocycles. The van der Waals surface area contributed by atoms with Gasteiger partial charge in [0.15, 0.2) is 0 Å². The van der Waals surface area contributed by atoms with Crippen LogP contribution >= 0.6 is 24.4 Å². The Hall–Kier alpha value is -1.59. The first-order chi connectivity index (χ1) is 14.9. The maximum Gasteiger partial charge on any atom is 0.407 e. The molecule has 0 spiro atoms. The van der Waals surface area contributed by atoms with Gasteiger partial charge in [-0.15, -0.1) is 0 Å². The topological polar surface area (TPSA) is 38.3 Å². The molecule has 2 aromatic rings. The molecule has 2 aromatic carbocycles. The van der Waals surface area contributed by atoms with E-state index in [1.807, 2.05) is 50.7 Å². The van der Waals surface area contributed by atoms with Gasteiger partial charge < -0.3 is 10.1 Å². The van der Waals surface area contributed by atoms with Gasteiger partial charge in [0.1, 0.15) is 5.60 Å². The molecule has 2 atom stereocenters. The number of benzene rings is 2. The fourth-order valence-corrected chi connectivity index (χ4v) is 4.94. The highest BCUT2D eigenvalue weighted by Crippen LogP contribution is 2.28. The van der Waals surface area contributed by atoms with Gasteiger partial charge in [-0.1, -0.05) is 67.1 Å². The van der Waals surface area contributed by atoms with Crippen LogP contribution in [-0.2, 0) is 16.2 Å². The van der Waals surface area contributed by atoms with Crippen molar-refractivity contribution in [2.45, 2.75) is 69.6 Å². The lowest BCUT2D eigenvalue weighted by Crippen LogP contribution is -2.41. The van der Waals surface area contributed by atoms with E-state index < -0.39 is 5.60 Å². The summed E-state index contributed by atoms with van der Waals surface area (Å²) in [5.41, 5.74) is 2.23. The van der Waals surface area contributed by atoms with Gasteiger partial charge in [-0.05, 0) is 62.8 Å². The number of thioether (sulfide) groups is 1. The molecule has 170 valence electrons. The zero-order valence-electron chi connectivity index (χ0n) is 19.0. The van der Waals surface area contributed by atoms with Crippen molar-refractivity contribution in [1.29, 1.82) is 0 Å². The van der Waals surface area contributed by atoms with Crippen LogP contribution in [0.2, 0.25) is 0 Å². The smallest absolute Gasteiger partial charge is 0.407 e. The summed E-state index contributed by atoms with van der Waals surface area (Å²) in [6, 6.07) is 21.0. The third-order valence-electron chi connectivity index (χ3n) is 4.99. The highest BCUT2D eigenvalue weighted by atomic mass is 32.2. The SMILES string of the molecule is CC(C)(C)OC(=O)NC1CCCC(CSCc2ccccc2)C1.SCc1ccccc1. The molecule has 0 radical (unpaired) electrons. The van der Waals surface area contributed by atoms with Crippen LogP contribution in [0.1, 0.15) is 57.6 Å². The second kappa shape index (κ2) is 13.7. The summed E-state index contributed by atoms with van der Waals surface area (Å²) in [4.78, 5) is 11.9. The van der Waals surface area contributed by atoms with Crippen LogP contribution in [0.4, 0.5) is 4.79 Å². The van der Waals surface area contributed by atoms with E-state index in [9.17, 15) is 4.79 Å². The molecule has 3 rings (SSSR count). The number of alkyl carbamates (subject to hydrolysis) is 1. The van der Waals surface area contributed by atoms with E-state index in [4.69, 9.17) is 4.74 Å². The Morgan fingerprint density at radius 2 is 1.65 bits per heavy atom. The Kier molecular flexibility index (Phi) is 11.4. The molecule has 1 fully saturated rings. The Morgan fingerprint density at radius 1 is 1.03 bits per heavy atom. The molecule has 1 aliphatic carbocycles. The summed E-state index contributed by atoms with van der Waals surface area (Å²) in [6.45, 7) is 5.70. The molecule has 31 heavy (non-hydrogen) atoms. The Labute approximate surface area is 198 Å². The largest absolute Gasteiger partial charge is 0.444 e. The van der Waals surface area contributed by atoms with Crippen molar-refractivity contribution in [1.82, 2.24) is 5.32 Å². The van der Waals surface area contributed by atoms with Gasteiger partial charge in [0, 0.05) is 17.5 Å². The van der Waals surface area contributed by atoms with Gasteiger partial charge in [0.05, 0.1) is 0 Å². The lowest BCUT2D eigenvalue weighted by molar-refractivity contribution is 0.0487. The average Bonchev–Trinajstić information content (AvgIpc) is 2.74. The highest BCUT2D eigenvalue weighted by Gasteiger charge is 2.25. The van der Waals surface area contributed by atoms with E-state index in [0.29, 0.717) is 5.92 Å². The quantitative estimate of drug-likeness (QED) is 0.452. The van der Waals surface area contributed by atoms with Gasteiger partial charge in [-0.2, -0.15) is 24.4 Å². The van der Waals surface area contributed by atoms with Gasteiger partial charge in [0.25, 0.3) is 0 Å². The number of rotatable bonds is 6. The molecule has 0 aliphatic heterocycles. The summed E-state index contributed by atoms with van der Waals surface area (Å²) < 4.78 is 5.36. The molecule has 1 N–H and O–H groups in total.